The molecule has 0 aromatic carbocycles. The number of carboxylic acids is 1. The Balaban J connectivity index is 2.10. The van der Waals surface area contributed by atoms with E-state index in [1.54, 1.807) is 12.3 Å². The van der Waals surface area contributed by atoms with Gasteiger partial charge in [-0.1, -0.05) is 13.8 Å². The van der Waals surface area contributed by atoms with Crippen molar-refractivity contribution in [3.8, 4) is 0 Å². The molecule has 0 spiro atoms. The van der Waals surface area contributed by atoms with Crippen molar-refractivity contribution in [2.75, 3.05) is 36.5 Å². The number of ether oxygens (including phenoxy) is 1. The topological polar surface area (TPSA) is 87.6 Å². The summed E-state index contributed by atoms with van der Waals surface area (Å²) in [6.45, 7) is 6.52. The molecule has 1 fully saturated rings. The average Bonchev–Trinajstić information content (AvgIpc) is 2.45. The molecular formula is C13H20N4O3. The SMILES string of the molecule is CC(C)[C@H](Nc1ccnc(N2CCOCC2)n1)C(=O)O. The number of anilines is 2. The zero-order valence-electron chi connectivity index (χ0n) is 11.7. The van der Waals surface area contributed by atoms with Crippen molar-refractivity contribution in [1.82, 2.24) is 9.97 Å². The molecule has 2 rings (SSSR count). The number of aromatic nitrogens is 2. The van der Waals surface area contributed by atoms with Crippen LogP contribution >= 0.6 is 0 Å². The van der Waals surface area contributed by atoms with Crippen LogP contribution in [0.3, 0.4) is 0 Å². The summed E-state index contributed by atoms with van der Waals surface area (Å²) in [5.74, 6) is 0.217. The smallest absolute Gasteiger partial charge is 0.326 e. The van der Waals surface area contributed by atoms with Crippen LogP contribution in [0, 0.1) is 5.92 Å². The number of hydrogen-bond acceptors (Lipinski definition) is 6. The normalized spacial score (nSPS) is 17.1. The van der Waals surface area contributed by atoms with Crippen LogP contribution in [0.5, 0.6) is 0 Å². The van der Waals surface area contributed by atoms with Crippen LogP contribution < -0.4 is 10.2 Å². The number of carbonyl (C=O) groups is 1. The highest BCUT2D eigenvalue weighted by Gasteiger charge is 2.22. The number of nitrogens with one attached hydrogen (secondary N) is 1. The molecule has 1 aromatic heterocycles. The van der Waals surface area contributed by atoms with Crippen molar-refractivity contribution in [2.45, 2.75) is 19.9 Å². The lowest BCUT2D eigenvalue weighted by molar-refractivity contribution is -0.138. The Morgan fingerprint density at radius 3 is 2.75 bits per heavy atom. The molecule has 7 heteroatoms. The van der Waals surface area contributed by atoms with Gasteiger partial charge in [-0.15, -0.1) is 0 Å². The van der Waals surface area contributed by atoms with Gasteiger partial charge in [-0.05, 0) is 12.0 Å². The maximum Gasteiger partial charge on any atom is 0.326 e. The zero-order valence-corrected chi connectivity index (χ0v) is 11.7. The monoisotopic (exact) mass is 280 g/mol. The van der Waals surface area contributed by atoms with Gasteiger partial charge in [0.2, 0.25) is 5.95 Å². The van der Waals surface area contributed by atoms with Crippen molar-refractivity contribution in [2.24, 2.45) is 5.92 Å². The molecule has 1 saturated heterocycles. The Morgan fingerprint density at radius 1 is 1.45 bits per heavy atom. The summed E-state index contributed by atoms with van der Waals surface area (Å²) in [6.07, 6.45) is 1.64. The molecule has 2 heterocycles. The third-order valence-corrected chi connectivity index (χ3v) is 3.17. The Morgan fingerprint density at radius 2 is 2.15 bits per heavy atom. The fraction of sp³-hybridized carbons (Fsp3) is 0.615. The van der Waals surface area contributed by atoms with Crippen molar-refractivity contribution in [3.63, 3.8) is 0 Å². The Labute approximate surface area is 118 Å². The zero-order chi connectivity index (χ0) is 14.5. The lowest BCUT2D eigenvalue weighted by Gasteiger charge is -2.27. The number of aliphatic carboxylic acids is 1. The summed E-state index contributed by atoms with van der Waals surface area (Å²) in [7, 11) is 0. The second kappa shape index (κ2) is 6.51. The molecule has 7 nitrogen and oxygen atoms in total. The maximum atomic E-state index is 11.2. The van der Waals surface area contributed by atoms with Gasteiger partial charge in [0, 0.05) is 19.3 Å². The van der Waals surface area contributed by atoms with E-state index in [4.69, 9.17) is 4.74 Å². The van der Waals surface area contributed by atoms with E-state index in [2.05, 4.69) is 15.3 Å². The summed E-state index contributed by atoms with van der Waals surface area (Å²) < 4.78 is 5.29. The summed E-state index contributed by atoms with van der Waals surface area (Å²) in [5.41, 5.74) is 0. The van der Waals surface area contributed by atoms with Crippen LogP contribution in [0.2, 0.25) is 0 Å². The fourth-order valence-electron chi connectivity index (χ4n) is 2.02. The van der Waals surface area contributed by atoms with Gasteiger partial charge in [0.25, 0.3) is 0 Å². The largest absolute Gasteiger partial charge is 0.480 e. The van der Waals surface area contributed by atoms with Gasteiger partial charge in [-0.2, -0.15) is 4.98 Å². The standard InChI is InChI=1S/C13H20N4O3/c1-9(2)11(12(18)19)15-10-3-4-14-13(16-10)17-5-7-20-8-6-17/h3-4,9,11H,5-8H2,1-2H3,(H,18,19)(H,14,15,16)/t11-/m0/s1. The van der Waals surface area contributed by atoms with E-state index in [1.807, 2.05) is 18.7 Å². The van der Waals surface area contributed by atoms with E-state index in [1.165, 1.54) is 0 Å². The van der Waals surface area contributed by atoms with Gasteiger partial charge in [0.15, 0.2) is 0 Å². The highest BCUT2D eigenvalue weighted by Crippen LogP contribution is 2.15. The second-order valence-electron chi connectivity index (χ2n) is 5.05. The van der Waals surface area contributed by atoms with Crippen molar-refractivity contribution in [1.29, 1.82) is 0 Å². The van der Waals surface area contributed by atoms with Gasteiger partial charge in [-0.25, -0.2) is 9.78 Å². The van der Waals surface area contributed by atoms with E-state index >= 15 is 0 Å². The Kier molecular flexibility index (Phi) is 4.73. The van der Waals surface area contributed by atoms with Gasteiger partial charge in [-0.3, -0.25) is 0 Å². The van der Waals surface area contributed by atoms with E-state index < -0.39 is 12.0 Å². The van der Waals surface area contributed by atoms with E-state index in [0.29, 0.717) is 25.0 Å². The minimum Gasteiger partial charge on any atom is -0.480 e. The lowest BCUT2D eigenvalue weighted by Crippen LogP contribution is -2.38. The summed E-state index contributed by atoms with van der Waals surface area (Å²) in [6, 6.07) is 1.02. The van der Waals surface area contributed by atoms with Gasteiger partial charge < -0.3 is 20.1 Å². The van der Waals surface area contributed by atoms with E-state index in [0.717, 1.165) is 13.1 Å². The third-order valence-electron chi connectivity index (χ3n) is 3.17. The summed E-state index contributed by atoms with van der Waals surface area (Å²) in [4.78, 5) is 21.8. The molecule has 0 unspecified atom stereocenters. The first-order valence-corrected chi connectivity index (χ1v) is 6.73. The first kappa shape index (κ1) is 14.5. The predicted molar refractivity (Wildman–Crippen MR) is 74.9 cm³/mol. The number of carboxylic acid groups (broad SMARTS) is 1. The Hall–Kier alpha value is -1.89. The summed E-state index contributed by atoms with van der Waals surface area (Å²) in [5, 5.41) is 12.1. The summed E-state index contributed by atoms with van der Waals surface area (Å²) >= 11 is 0. The van der Waals surface area contributed by atoms with E-state index in [-0.39, 0.29) is 5.92 Å². The molecule has 20 heavy (non-hydrogen) atoms. The average molecular weight is 280 g/mol. The quantitative estimate of drug-likeness (QED) is 0.826. The van der Waals surface area contributed by atoms with Gasteiger partial charge in [0.05, 0.1) is 13.2 Å². The van der Waals surface area contributed by atoms with Gasteiger partial charge in [0.1, 0.15) is 11.9 Å². The molecular weight excluding hydrogens is 260 g/mol. The van der Waals surface area contributed by atoms with Crippen LogP contribution in [-0.4, -0.2) is 53.4 Å². The minimum atomic E-state index is -0.883. The fourth-order valence-corrected chi connectivity index (χ4v) is 2.02. The molecule has 1 aliphatic heterocycles. The molecule has 0 radical (unpaired) electrons. The van der Waals surface area contributed by atoms with Crippen LogP contribution in [0.1, 0.15) is 13.8 Å². The van der Waals surface area contributed by atoms with Crippen molar-refractivity contribution in [3.05, 3.63) is 12.3 Å². The second-order valence-corrected chi connectivity index (χ2v) is 5.05. The molecule has 110 valence electrons. The molecule has 2 N–H and O–H groups in total. The van der Waals surface area contributed by atoms with Crippen molar-refractivity contribution >= 4 is 17.7 Å². The van der Waals surface area contributed by atoms with E-state index in [9.17, 15) is 9.90 Å². The lowest BCUT2D eigenvalue weighted by atomic mass is 10.1. The number of hydrogen-bond donors (Lipinski definition) is 2. The number of morpholine rings is 1. The third kappa shape index (κ3) is 3.57. The molecule has 0 amide bonds. The number of rotatable bonds is 5. The number of nitrogens with zero attached hydrogens (tertiary/aromatic N) is 3. The molecule has 0 aliphatic carbocycles. The maximum absolute atomic E-state index is 11.2. The first-order valence-electron chi connectivity index (χ1n) is 6.73. The van der Waals surface area contributed by atoms with Gasteiger partial charge >= 0.3 is 5.97 Å². The highest BCUT2D eigenvalue weighted by atomic mass is 16.5. The molecule has 0 saturated carbocycles. The molecule has 0 bridgehead atoms. The van der Waals surface area contributed by atoms with Crippen LogP contribution in [-0.2, 0) is 9.53 Å². The molecule has 1 aliphatic rings. The van der Waals surface area contributed by atoms with Crippen LogP contribution in [0.4, 0.5) is 11.8 Å². The van der Waals surface area contributed by atoms with Crippen LogP contribution in [0.25, 0.3) is 0 Å². The molecule has 1 atom stereocenters. The predicted octanol–water partition coefficient (Wildman–Crippen LogP) is 0.834. The minimum absolute atomic E-state index is 0.0331. The van der Waals surface area contributed by atoms with Crippen LogP contribution in [0.15, 0.2) is 12.3 Å². The Bertz CT molecular complexity index is 461. The van der Waals surface area contributed by atoms with Crippen molar-refractivity contribution < 1.29 is 14.6 Å². The highest BCUT2D eigenvalue weighted by molar-refractivity contribution is 5.77. The molecule has 1 aromatic rings. The first-order chi connectivity index (χ1) is 9.58.